The zero-order chi connectivity index (χ0) is 16.2. The summed E-state index contributed by atoms with van der Waals surface area (Å²) in [6, 6.07) is 7.60. The van der Waals surface area contributed by atoms with Gasteiger partial charge in [-0.3, -0.25) is 9.69 Å². The number of nitrogens with one attached hydrogen (secondary N) is 1. The van der Waals surface area contributed by atoms with Crippen molar-refractivity contribution in [1.29, 1.82) is 0 Å². The van der Waals surface area contributed by atoms with Crippen molar-refractivity contribution in [2.24, 2.45) is 0 Å². The second kappa shape index (κ2) is 7.10. The molecule has 122 valence electrons. The number of hydrogen-bond acceptors (Lipinski definition) is 4. The Labute approximate surface area is 141 Å². The molecule has 1 amide bonds. The monoisotopic (exact) mass is 332 g/mol. The first-order valence-electron chi connectivity index (χ1n) is 7.86. The van der Waals surface area contributed by atoms with E-state index in [-0.39, 0.29) is 12.0 Å². The van der Waals surface area contributed by atoms with Crippen LogP contribution in [0.4, 0.5) is 0 Å². The van der Waals surface area contributed by atoms with Gasteiger partial charge in [0.15, 0.2) is 5.11 Å². The third-order valence-electron chi connectivity index (χ3n) is 3.87. The highest BCUT2D eigenvalue weighted by Crippen LogP contribution is 2.20. The molecule has 2 heterocycles. The van der Waals surface area contributed by atoms with E-state index >= 15 is 0 Å². The zero-order valence-electron chi connectivity index (χ0n) is 13.1. The molecule has 0 spiro atoms. The summed E-state index contributed by atoms with van der Waals surface area (Å²) in [5.74, 6) is 0.718. The first kappa shape index (κ1) is 16.0. The van der Waals surface area contributed by atoms with Crippen LogP contribution >= 0.6 is 12.2 Å². The minimum atomic E-state index is -0.0978. The van der Waals surface area contributed by atoms with Crippen molar-refractivity contribution in [2.75, 3.05) is 19.8 Å². The molecule has 0 aromatic heterocycles. The van der Waals surface area contributed by atoms with Crippen molar-refractivity contribution in [2.45, 2.75) is 25.9 Å². The Morgan fingerprint density at radius 1 is 1.43 bits per heavy atom. The molecule has 23 heavy (non-hydrogen) atoms. The Morgan fingerprint density at radius 3 is 2.87 bits per heavy atom. The second-order valence-corrected chi connectivity index (χ2v) is 5.93. The molecule has 0 saturated carbocycles. The number of benzene rings is 1. The topological polar surface area (TPSA) is 50.8 Å². The first-order valence-corrected chi connectivity index (χ1v) is 8.27. The summed E-state index contributed by atoms with van der Waals surface area (Å²) in [7, 11) is 0. The van der Waals surface area contributed by atoms with Crippen LogP contribution in [-0.4, -0.2) is 41.8 Å². The van der Waals surface area contributed by atoms with Crippen LogP contribution in [-0.2, 0) is 9.53 Å². The zero-order valence-corrected chi connectivity index (χ0v) is 13.9. The molecule has 2 fully saturated rings. The van der Waals surface area contributed by atoms with E-state index in [0.29, 0.717) is 24.0 Å². The second-order valence-electron chi connectivity index (χ2n) is 5.54. The van der Waals surface area contributed by atoms with E-state index in [1.165, 1.54) is 0 Å². The van der Waals surface area contributed by atoms with E-state index in [2.05, 4.69) is 5.32 Å². The van der Waals surface area contributed by atoms with Crippen molar-refractivity contribution >= 4 is 29.3 Å². The van der Waals surface area contributed by atoms with Gasteiger partial charge in [-0.1, -0.05) is 12.1 Å². The average molecular weight is 332 g/mol. The van der Waals surface area contributed by atoms with Crippen LogP contribution in [0.5, 0.6) is 5.75 Å². The molecule has 1 atom stereocenters. The number of amides is 1. The summed E-state index contributed by atoms with van der Waals surface area (Å²) < 4.78 is 11.0. The lowest BCUT2D eigenvalue weighted by atomic mass is 10.2. The first-order chi connectivity index (χ1) is 11.2. The Morgan fingerprint density at radius 2 is 2.22 bits per heavy atom. The number of rotatable bonds is 5. The highest BCUT2D eigenvalue weighted by Gasteiger charge is 2.33. The summed E-state index contributed by atoms with van der Waals surface area (Å²) >= 11 is 5.28. The van der Waals surface area contributed by atoms with E-state index in [4.69, 9.17) is 21.7 Å². The molecule has 2 aliphatic rings. The van der Waals surface area contributed by atoms with Gasteiger partial charge in [-0.15, -0.1) is 0 Å². The van der Waals surface area contributed by atoms with Crippen LogP contribution in [0.2, 0.25) is 0 Å². The van der Waals surface area contributed by atoms with Gasteiger partial charge in [-0.05, 0) is 55.8 Å². The van der Waals surface area contributed by atoms with Crippen molar-refractivity contribution in [3.63, 3.8) is 0 Å². The molecular weight excluding hydrogens is 312 g/mol. The fourth-order valence-corrected chi connectivity index (χ4v) is 2.99. The van der Waals surface area contributed by atoms with Crippen LogP contribution in [0, 0.1) is 0 Å². The third-order valence-corrected chi connectivity index (χ3v) is 4.20. The van der Waals surface area contributed by atoms with Crippen LogP contribution in [0.3, 0.4) is 0 Å². The predicted octanol–water partition coefficient (Wildman–Crippen LogP) is 2.32. The average Bonchev–Trinajstić information content (AvgIpc) is 3.14. The molecular formula is C17H20N2O3S. The van der Waals surface area contributed by atoms with E-state index in [0.717, 1.165) is 30.8 Å². The normalized spacial score (nSPS) is 22.7. The summed E-state index contributed by atoms with van der Waals surface area (Å²) in [4.78, 5) is 14.1. The van der Waals surface area contributed by atoms with Crippen LogP contribution in [0.1, 0.15) is 25.3 Å². The van der Waals surface area contributed by atoms with E-state index in [9.17, 15) is 4.79 Å². The maximum Gasteiger partial charge on any atom is 0.276 e. The number of nitrogens with zero attached hydrogens (tertiary/aromatic N) is 1. The largest absolute Gasteiger partial charge is 0.494 e. The van der Waals surface area contributed by atoms with Gasteiger partial charge in [0.1, 0.15) is 11.4 Å². The quantitative estimate of drug-likeness (QED) is 0.662. The molecule has 1 N–H and O–H groups in total. The number of hydrogen-bond donors (Lipinski definition) is 1. The van der Waals surface area contributed by atoms with Crippen molar-refractivity contribution in [3.8, 4) is 5.75 Å². The number of thiocarbonyl (C=S) groups is 1. The SMILES string of the molecule is CCOc1ccc(/C=C2/NC(=S)N(CC3CCCO3)C2=O)cc1. The van der Waals surface area contributed by atoms with Crippen molar-refractivity contribution < 1.29 is 14.3 Å². The van der Waals surface area contributed by atoms with Gasteiger partial charge in [0, 0.05) is 6.61 Å². The minimum absolute atomic E-state index is 0.0866. The molecule has 6 heteroatoms. The third kappa shape index (κ3) is 3.71. The van der Waals surface area contributed by atoms with Gasteiger partial charge < -0.3 is 14.8 Å². The standard InChI is InChI=1S/C17H20N2O3S/c1-2-21-13-7-5-12(6-8-13)10-15-16(20)19(17(23)18-15)11-14-4-3-9-22-14/h5-8,10,14H,2-4,9,11H2,1H3,(H,18,23)/b15-10+. The summed E-state index contributed by atoms with van der Waals surface area (Å²) in [6.07, 6.45) is 3.91. The summed E-state index contributed by atoms with van der Waals surface area (Å²) in [5.41, 5.74) is 1.42. The fourth-order valence-electron chi connectivity index (χ4n) is 2.72. The fraction of sp³-hybridized carbons (Fsp3) is 0.412. The minimum Gasteiger partial charge on any atom is -0.494 e. The smallest absolute Gasteiger partial charge is 0.276 e. The Balaban J connectivity index is 1.70. The van der Waals surface area contributed by atoms with Gasteiger partial charge in [0.25, 0.3) is 5.91 Å². The number of carbonyl (C=O) groups excluding carboxylic acids is 1. The van der Waals surface area contributed by atoms with Gasteiger partial charge in [-0.2, -0.15) is 0 Å². The highest BCUT2D eigenvalue weighted by molar-refractivity contribution is 7.80. The summed E-state index contributed by atoms with van der Waals surface area (Å²) in [6.45, 7) is 3.86. The lowest BCUT2D eigenvalue weighted by Gasteiger charge is -2.18. The summed E-state index contributed by atoms with van der Waals surface area (Å²) in [5, 5.41) is 3.44. The predicted molar refractivity (Wildman–Crippen MR) is 92.0 cm³/mol. The lowest BCUT2D eigenvalue weighted by Crippen LogP contribution is -2.37. The maximum atomic E-state index is 12.5. The van der Waals surface area contributed by atoms with Gasteiger partial charge >= 0.3 is 0 Å². The van der Waals surface area contributed by atoms with E-state index < -0.39 is 0 Å². The van der Waals surface area contributed by atoms with Crippen LogP contribution < -0.4 is 10.1 Å². The van der Waals surface area contributed by atoms with Crippen LogP contribution in [0.15, 0.2) is 30.0 Å². The molecule has 1 unspecified atom stereocenters. The lowest BCUT2D eigenvalue weighted by molar-refractivity contribution is -0.123. The van der Waals surface area contributed by atoms with E-state index in [1.807, 2.05) is 31.2 Å². The van der Waals surface area contributed by atoms with Gasteiger partial charge in [0.2, 0.25) is 0 Å². The number of ether oxygens (including phenoxy) is 2. The molecule has 0 radical (unpaired) electrons. The van der Waals surface area contributed by atoms with Gasteiger partial charge in [0.05, 0.1) is 19.3 Å². The molecule has 2 aliphatic heterocycles. The van der Waals surface area contributed by atoms with Crippen LogP contribution in [0.25, 0.3) is 6.08 Å². The maximum absolute atomic E-state index is 12.5. The Hall–Kier alpha value is -1.92. The Kier molecular flexibility index (Phi) is 4.93. The van der Waals surface area contributed by atoms with E-state index in [1.54, 1.807) is 11.0 Å². The molecule has 5 nitrogen and oxygen atoms in total. The molecule has 0 bridgehead atoms. The van der Waals surface area contributed by atoms with Gasteiger partial charge in [-0.25, -0.2) is 0 Å². The molecule has 1 aromatic rings. The van der Waals surface area contributed by atoms with Crippen molar-refractivity contribution in [3.05, 3.63) is 35.5 Å². The molecule has 1 aromatic carbocycles. The molecule has 3 rings (SSSR count). The molecule has 0 aliphatic carbocycles. The number of carbonyl (C=O) groups is 1. The van der Waals surface area contributed by atoms with Crippen molar-refractivity contribution in [1.82, 2.24) is 10.2 Å². The Bertz CT molecular complexity index is 621. The molecule has 2 saturated heterocycles. The highest BCUT2D eigenvalue weighted by atomic mass is 32.1.